The number of hydrogen-bond acceptors (Lipinski definition) is 5. The second-order valence-electron chi connectivity index (χ2n) is 6.65. The lowest BCUT2D eigenvalue weighted by Crippen LogP contribution is -2.43. The van der Waals surface area contributed by atoms with Crippen LogP contribution >= 0.6 is 0 Å². The van der Waals surface area contributed by atoms with Gasteiger partial charge in [0.1, 0.15) is 6.04 Å². The van der Waals surface area contributed by atoms with Gasteiger partial charge in [0.25, 0.3) is 0 Å². The van der Waals surface area contributed by atoms with Crippen LogP contribution in [0.15, 0.2) is 4.99 Å². The van der Waals surface area contributed by atoms with Crippen molar-refractivity contribution in [3.05, 3.63) is 0 Å². The predicted molar refractivity (Wildman–Crippen MR) is 84.4 cm³/mol. The maximum absolute atomic E-state index is 12.2. The first kappa shape index (κ1) is 15.3. The maximum atomic E-state index is 12.2. The van der Waals surface area contributed by atoms with Gasteiger partial charge in [0.2, 0.25) is 5.91 Å². The lowest BCUT2D eigenvalue weighted by molar-refractivity contribution is -0.130. The molecule has 1 N–H and O–H groups in total. The number of aliphatic imine (C=N–C) groups is 1. The van der Waals surface area contributed by atoms with Gasteiger partial charge in [0.15, 0.2) is 0 Å². The summed E-state index contributed by atoms with van der Waals surface area (Å²) in [6.07, 6.45) is 7.25. The van der Waals surface area contributed by atoms with Crippen LogP contribution in [0.2, 0.25) is 0 Å². The fraction of sp³-hybridized carbons (Fsp3) is 0.812. The fourth-order valence-corrected chi connectivity index (χ4v) is 3.85. The van der Waals surface area contributed by atoms with Crippen LogP contribution in [0.5, 0.6) is 0 Å². The standard InChI is InChI=1S/C16H25N5O/c17-9-15-2-1-6-21(15)16(22)10-19-14-4-3-13(8-14)11-20-7-5-18-12-20/h12-15,19H,1-8,10-11H2/t13-,14+,15-/m0/s1. The highest BCUT2D eigenvalue weighted by Gasteiger charge is 2.30. The number of hydrogen-bond donors (Lipinski definition) is 1. The Balaban J connectivity index is 1.38. The first-order chi connectivity index (χ1) is 10.8. The number of rotatable bonds is 5. The molecule has 6 nitrogen and oxygen atoms in total. The van der Waals surface area contributed by atoms with Crippen LogP contribution in [0, 0.1) is 17.2 Å². The summed E-state index contributed by atoms with van der Waals surface area (Å²) in [5, 5.41) is 12.5. The quantitative estimate of drug-likeness (QED) is 0.807. The Bertz CT molecular complexity index is 472. The van der Waals surface area contributed by atoms with E-state index in [-0.39, 0.29) is 11.9 Å². The summed E-state index contributed by atoms with van der Waals surface area (Å²) < 4.78 is 0. The Kier molecular flexibility index (Phi) is 4.94. The van der Waals surface area contributed by atoms with Gasteiger partial charge in [-0.2, -0.15) is 5.26 Å². The van der Waals surface area contributed by atoms with Crippen LogP contribution in [0.25, 0.3) is 0 Å². The second-order valence-corrected chi connectivity index (χ2v) is 6.65. The SMILES string of the molecule is N#C[C@@H]1CCCN1C(=O)CN[C@@H]1CC[C@H](CN2C=NCC2)C1. The predicted octanol–water partition coefficient (Wildman–Crippen LogP) is 0.603. The Hall–Kier alpha value is -1.61. The highest BCUT2D eigenvalue weighted by Crippen LogP contribution is 2.26. The van der Waals surface area contributed by atoms with E-state index in [2.05, 4.69) is 21.3 Å². The molecule has 1 amide bonds. The van der Waals surface area contributed by atoms with Gasteiger partial charge < -0.3 is 15.1 Å². The number of likely N-dealkylation sites (tertiary alicyclic amines) is 1. The highest BCUT2D eigenvalue weighted by molar-refractivity contribution is 5.79. The van der Waals surface area contributed by atoms with Crippen molar-refractivity contribution in [2.24, 2.45) is 10.9 Å². The molecule has 120 valence electrons. The van der Waals surface area contributed by atoms with E-state index < -0.39 is 0 Å². The number of nitrogens with one attached hydrogen (secondary N) is 1. The normalized spacial score (nSPS) is 31.0. The van der Waals surface area contributed by atoms with Gasteiger partial charge in [0, 0.05) is 25.7 Å². The Labute approximate surface area is 132 Å². The Morgan fingerprint density at radius 2 is 2.27 bits per heavy atom. The molecule has 0 radical (unpaired) electrons. The smallest absolute Gasteiger partial charge is 0.237 e. The van der Waals surface area contributed by atoms with Crippen LogP contribution < -0.4 is 5.32 Å². The van der Waals surface area contributed by atoms with Crippen LogP contribution in [0.3, 0.4) is 0 Å². The molecule has 22 heavy (non-hydrogen) atoms. The average molecular weight is 303 g/mol. The molecule has 1 saturated heterocycles. The van der Waals surface area contributed by atoms with Crippen molar-refractivity contribution in [3.63, 3.8) is 0 Å². The third-order valence-corrected chi connectivity index (χ3v) is 5.06. The monoisotopic (exact) mass is 303 g/mol. The molecule has 0 bridgehead atoms. The van der Waals surface area contributed by atoms with Gasteiger partial charge in [-0.3, -0.25) is 9.79 Å². The number of carbonyl (C=O) groups excluding carboxylic acids is 1. The second kappa shape index (κ2) is 7.10. The van der Waals surface area contributed by atoms with Crippen molar-refractivity contribution in [1.29, 1.82) is 5.26 Å². The summed E-state index contributed by atoms with van der Waals surface area (Å²) >= 11 is 0. The van der Waals surface area contributed by atoms with Crippen LogP contribution in [-0.2, 0) is 4.79 Å². The van der Waals surface area contributed by atoms with Crippen molar-refractivity contribution in [2.75, 3.05) is 32.7 Å². The summed E-state index contributed by atoms with van der Waals surface area (Å²) in [5.41, 5.74) is 0. The maximum Gasteiger partial charge on any atom is 0.237 e. The molecule has 2 heterocycles. The van der Waals surface area contributed by atoms with Gasteiger partial charge in [-0.05, 0) is 38.0 Å². The summed E-state index contributed by atoms with van der Waals surface area (Å²) in [6.45, 7) is 4.19. The van der Waals surface area contributed by atoms with Crippen molar-refractivity contribution in [2.45, 2.75) is 44.2 Å². The molecule has 2 fully saturated rings. The summed E-state index contributed by atoms with van der Waals surface area (Å²) in [4.78, 5) is 20.5. The number of nitrogens with zero attached hydrogens (tertiary/aromatic N) is 4. The number of carbonyl (C=O) groups is 1. The van der Waals surface area contributed by atoms with E-state index in [1.807, 2.05) is 6.34 Å². The largest absolute Gasteiger partial charge is 0.361 e. The molecule has 1 saturated carbocycles. The molecule has 3 atom stereocenters. The van der Waals surface area contributed by atoms with E-state index in [0.717, 1.165) is 51.9 Å². The van der Waals surface area contributed by atoms with E-state index in [1.165, 1.54) is 6.42 Å². The molecule has 0 aromatic carbocycles. The molecule has 3 rings (SSSR count). The molecular formula is C16H25N5O. The van der Waals surface area contributed by atoms with E-state index in [0.29, 0.717) is 18.5 Å². The van der Waals surface area contributed by atoms with E-state index in [9.17, 15) is 4.79 Å². The molecule has 3 aliphatic rings. The molecule has 1 aliphatic carbocycles. The minimum absolute atomic E-state index is 0.0826. The van der Waals surface area contributed by atoms with Crippen molar-refractivity contribution in [1.82, 2.24) is 15.1 Å². The van der Waals surface area contributed by atoms with Gasteiger partial charge in [-0.1, -0.05) is 0 Å². The Morgan fingerprint density at radius 3 is 3.05 bits per heavy atom. The number of nitriles is 1. The highest BCUT2D eigenvalue weighted by atomic mass is 16.2. The molecule has 6 heteroatoms. The molecule has 0 unspecified atom stereocenters. The molecule has 0 aromatic heterocycles. The third kappa shape index (κ3) is 3.58. The first-order valence-corrected chi connectivity index (χ1v) is 8.42. The summed E-state index contributed by atoms with van der Waals surface area (Å²) in [7, 11) is 0. The van der Waals surface area contributed by atoms with Crippen molar-refractivity contribution in [3.8, 4) is 6.07 Å². The van der Waals surface area contributed by atoms with Crippen LogP contribution in [-0.4, -0.2) is 66.9 Å². The topological polar surface area (TPSA) is 71.7 Å². The van der Waals surface area contributed by atoms with Gasteiger partial charge in [-0.25, -0.2) is 0 Å². The summed E-state index contributed by atoms with van der Waals surface area (Å²) in [6, 6.07) is 2.46. The average Bonchev–Trinajstić information content (AvgIpc) is 3.26. The minimum atomic E-state index is -0.208. The molecular weight excluding hydrogens is 278 g/mol. The van der Waals surface area contributed by atoms with Crippen LogP contribution in [0.4, 0.5) is 0 Å². The summed E-state index contributed by atoms with van der Waals surface area (Å²) in [5.74, 6) is 0.787. The molecule has 0 spiro atoms. The lowest BCUT2D eigenvalue weighted by atomic mass is 10.1. The van der Waals surface area contributed by atoms with E-state index in [1.54, 1.807) is 4.90 Å². The zero-order chi connectivity index (χ0) is 15.4. The van der Waals surface area contributed by atoms with E-state index >= 15 is 0 Å². The zero-order valence-electron chi connectivity index (χ0n) is 13.1. The van der Waals surface area contributed by atoms with Gasteiger partial charge >= 0.3 is 0 Å². The van der Waals surface area contributed by atoms with Crippen molar-refractivity contribution >= 4 is 12.2 Å². The zero-order valence-corrected chi connectivity index (χ0v) is 13.1. The van der Waals surface area contributed by atoms with Gasteiger partial charge in [0.05, 0.1) is 25.5 Å². The number of amides is 1. The Morgan fingerprint density at radius 1 is 1.36 bits per heavy atom. The van der Waals surface area contributed by atoms with Gasteiger partial charge in [-0.15, -0.1) is 0 Å². The van der Waals surface area contributed by atoms with Crippen LogP contribution in [0.1, 0.15) is 32.1 Å². The molecule has 2 aliphatic heterocycles. The van der Waals surface area contributed by atoms with E-state index in [4.69, 9.17) is 5.26 Å². The molecule has 0 aromatic rings. The first-order valence-electron chi connectivity index (χ1n) is 8.42. The minimum Gasteiger partial charge on any atom is -0.361 e. The third-order valence-electron chi connectivity index (χ3n) is 5.06. The fourth-order valence-electron chi connectivity index (χ4n) is 3.85. The lowest BCUT2D eigenvalue weighted by Gasteiger charge is -2.22. The van der Waals surface area contributed by atoms with Crippen molar-refractivity contribution < 1.29 is 4.79 Å².